The van der Waals surface area contributed by atoms with Crippen molar-refractivity contribution in [1.29, 1.82) is 0 Å². The van der Waals surface area contributed by atoms with Crippen LogP contribution in [0.2, 0.25) is 25.7 Å². The maximum atomic E-state index is 11.3. The minimum Gasteiger partial charge on any atom is -0.481 e. The quantitative estimate of drug-likeness (QED) is 0.209. The summed E-state index contributed by atoms with van der Waals surface area (Å²) in [6.45, 7) is 13.8. The summed E-state index contributed by atoms with van der Waals surface area (Å²) in [6.07, 6.45) is 5.82. The Labute approximate surface area is 230 Å². The van der Waals surface area contributed by atoms with Crippen molar-refractivity contribution in [3.63, 3.8) is 0 Å². The second-order valence-electron chi connectivity index (χ2n) is 12.1. The molecule has 210 valence electrons. The highest BCUT2D eigenvalue weighted by atomic mass is 28.3. The van der Waals surface area contributed by atoms with E-state index in [1.54, 1.807) is 37.0 Å². The summed E-state index contributed by atoms with van der Waals surface area (Å²) >= 11 is 0. The molecule has 0 amide bonds. The van der Waals surface area contributed by atoms with Crippen molar-refractivity contribution < 1.29 is 24.1 Å². The fourth-order valence-electron chi connectivity index (χ4n) is 3.53. The summed E-state index contributed by atoms with van der Waals surface area (Å²) in [5.74, 6) is 0.594. The van der Waals surface area contributed by atoms with Crippen LogP contribution < -0.4 is 9.47 Å². The van der Waals surface area contributed by atoms with Gasteiger partial charge < -0.3 is 19.3 Å². The molecule has 10 nitrogen and oxygen atoms in total. The first kappa shape index (κ1) is 28.7. The highest BCUT2D eigenvalue weighted by molar-refractivity contribution is 6.76. The van der Waals surface area contributed by atoms with E-state index in [-0.39, 0.29) is 6.61 Å². The van der Waals surface area contributed by atoms with E-state index in [0.29, 0.717) is 43.6 Å². The number of aliphatic carboxylic acids is 1. The van der Waals surface area contributed by atoms with Gasteiger partial charge >= 0.3 is 12.0 Å². The van der Waals surface area contributed by atoms with Crippen LogP contribution in [0.5, 0.6) is 11.9 Å². The van der Waals surface area contributed by atoms with Crippen LogP contribution in [0.3, 0.4) is 0 Å². The molecular formula is C28H39N5O5Si. The van der Waals surface area contributed by atoms with Crippen molar-refractivity contribution in [3.8, 4) is 34.5 Å². The minimum absolute atomic E-state index is 0.0242. The summed E-state index contributed by atoms with van der Waals surface area (Å²) in [5, 5.41) is 13.9. The lowest BCUT2D eigenvalue weighted by Gasteiger charge is -2.19. The normalized spacial score (nSPS) is 13.9. The van der Waals surface area contributed by atoms with E-state index in [4.69, 9.17) is 14.2 Å². The first-order valence-electron chi connectivity index (χ1n) is 13.4. The van der Waals surface area contributed by atoms with Gasteiger partial charge in [-0.2, -0.15) is 9.67 Å². The van der Waals surface area contributed by atoms with Gasteiger partial charge in [-0.15, -0.1) is 5.10 Å². The summed E-state index contributed by atoms with van der Waals surface area (Å²) < 4.78 is 19.2. The number of aromatic nitrogens is 5. The first-order chi connectivity index (χ1) is 18.4. The zero-order valence-electron chi connectivity index (χ0n) is 23.7. The Hall–Kier alpha value is -3.31. The molecule has 3 heterocycles. The number of nitrogens with zero attached hydrogens (tertiary/aromatic N) is 5. The largest absolute Gasteiger partial charge is 0.481 e. The standard InChI is InChI=1S/C28H39N5O5Si/c1-19-13-24(38-17-28(2,3)26(34)35)30-15-22(19)23-10-9-21(14-29-23)25-31-27(37-16-20-7-8-20)33(32-25)18-36-11-12-39(4,5)6/h9-10,13-15,20H,7-8,11-12,16-18H2,1-6H3,(H,34,35). The van der Waals surface area contributed by atoms with Crippen LogP contribution in [0.4, 0.5) is 0 Å². The third-order valence-electron chi connectivity index (χ3n) is 6.54. The molecular weight excluding hydrogens is 514 g/mol. The molecule has 0 aliphatic heterocycles. The first-order valence-corrected chi connectivity index (χ1v) is 17.1. The molecule has 0 aromatic carbocycles. The lowest BCUT2D eigenvalue weighted by Crippen LogP contribution is -2.30. The van der Waals surface area contributed by atoms with Gasteiger partial charge in [0.05, 0.1) is 17.7 Å². The molecule has 1 aliphatic carbocycles. The lowest BCUT2D eigenvalue weighted by molar-refractivity contribution is -0.148. The van der Waals surface area contributed by atoms with Crippen LogP contribution in [-0.4, -0.2) is 63.7 Å². The average Bonchev–Trinajstić information content (AvgIpc) is 3.62. The summed E-state index contributed by atoms with van der Waals surface area (Å²) in [5.41, 5.74) is 2.30. The fourth-order valence-corrected chi connectivity index (χ4v) is 4.28. The number of carbonyl (C=O) groups is 1. The molecule has 3 aromatic heterocycles. The van der Waals surface area contributed by atoms with Crippen molar-refractivity contribution in [2.75, 3.05) is 19.8 Å². The molecule has 1 fully saturated rings. The number of carboxylic acid groups (broad SMARTS) is 1. The fraction of sp³-hybridized carbons (Fsp3) is 0.536. The van der Waals surface area contributed by atoms with Gasteiger partial charge in [-0.25, -0.2) is 4.98 Å². The van der Waals surface area contributed by atoms with Gasteiger partial charge in [-0.3, -0.25) is 9.78 Å². The number of pyridine rings is 2. The Balaban J connectivity index is 1.45. The zero-order chi connectivity index (χ0) is 28.2. The Kier molecular flexibility index (Phi) is 8.70. The second kappa shape index (κ2) is 11.8. The van der Waals surface area contributed by atoms with Crippen LogP contribution in [0.15, 0.2) is 30.6 Å². The monoisotopic (exact) mass is 553 g/mol. The third kappa shape index (κ3) is 8.09. The van der Waals surface area contributed by atoms with E-state index in [1.165, 1.54) is 12.8 Å². The van der Waals surface area contributed by atoms with Crippen LogP contribution in [0.1, 0.15) is 32.3 Å². The van der Waals surface area contributed by atoms with E-state index in [0.717, 1.165) is 28.4 Å². The molecule has 0 spiro atoms. The van der Waals surface area contributed by atoms with Crippen LogP contribution in [0, 0.1) is 18.3 Å². The third-order valence-corrected chi connectivity index (χ3v) is 8.24. The summed E-state index contributed by atoms with van der Waals surface area (Å²) in [7, 11) is -1.18. The molecule has 0 unspecified atom stereocenters. The Bertz CT molecular complexity index is 1280. The van der Waals surface area contributed by atoms with Crippen molar-refractivity contribution in [1.82, 2.24) is 24.7 Å². The Morgan fingerprint density at radius 1 is 1.15 bits per heavy atom. The number of aryl methyl sites for hydroxylation is 1. The number of carboxylic acids is 1. The average molecular weight is 554 g/mol. The topological polar surface area (TPSA) is 121 Å². The van der Waals surface area contributed by atoms with E-state index >= 15 is 0 Å². The van der Waals surface area contributed by atoms with Crippen molar-refractivity contribution in [2.24, 2.45) is 11.3 Å². The van der Waals surface area contributed by atoms with Crippen LogP contribution in [0.25, 0.3) is 22.6 Å². The maximum absolute atomic E-state index is 11.3. The Morgan fingerprint density at radius 2 is 1.92 bits per heavy atom. The van der Waals surface area contributed by atoms with Gasteiger partial charge in [-0.1, -0.05) is 19.6 Å². The van der Waals surface area contributed by atoms with Gasteiger partial charge in [0.1, 0.15) is 13.3 Å². The van der Waals surface area contributed by atoms with Crippen molar-refractivity contribution in [2.45, 2.75) is 66.0 Å². The number of hydrogen-bond donors (Lipinski definition) is 1. The van der Waals surface area contributed by atoms with Crippen molar-refractivity contribution >= 4 is 14.0 Å². The Morgan fingerprint density at radius 3 is 2.54 bits per heavy atom. The van der Waals surface area contributed by atoms with Gasteiger partial charge in [0.15, 0.2) is 5.82 Å². The zero-order valence-corrected chi connectivity index (χ0v) is 24.7. The lowest BCUT2D eigenvalue weighted by atomic mass is 9.95. The highest BCUT2D eigenvalue weighted by Crippen LogP contribution is 2.30. The maximum Gasteiger partial charge on any atom is 0.317 e. The molecule has 3 aromatic rings. The molecule has 0 radical (unpaired) electrons. The predicted molar refractivity (Wildman–Crippen MR) is 150 cm³/mol. The summed E-state index contributed by atoms with van der Waals surface area (Å²) in [4.78, 5) is 24.9. The van der Waals surface area contributed by atoms with E-state index < -0.39 is 19.5 Å². The van der Waals surface area contributed by atoms with Gasteiger partial charge in [0.2, 0.25) is 5.88 Å². The van der Waals surface area contributed by atoms with E-state index in [2.05, 4.69) is 39.7 Å². The molecule has 1 N–H and O–H groups in total. The minimum atomic E-state index is -1.18. The van der Waals surface area contributed by atoms with E-state index in [9.17, 15) is 9.90 Å². The van der Waals surface area contributed by atoms with E-state index in [1.807, 2.05) is 19.1 Å². The van der Waals surface area contributed by atoms with Gasteiger partial charge in [0.25, 0.3) is 0 Å². The molecule has 0 atom stereocenters. The van der Waals surface area contributed by atoms with Crippen LogP contribution >= 0.6 is 0 Å². The molecule has 1 aliphatic rings. The molecule has 0 bridgehead atoms. The number of rotatable bonds is 14. The number of ether oxygens (including phenoxy) is 3. The SMILES string of the molecule is Cc1cc(OCC(C)(C)C(=O)O)ncc1-c1ccc(-c2nc(OCC3CC3)n(COCC[Si](C)(C)C)n2)cn1. The summed E-state index contributed by atoms with van der Waals surface area (Å²) in [6, 6.07) is 7.18. The predicted octanol–water partition coefficient (Wildman–Crippen LogP) is 5.30. The van der Waals surface area contributed by atoms with Gasteiger partial charge in [0, 0.05) is 44.3 Å². The molecule has 4 rings (SSSR count). The molecule has 11 heteroatoms. The molecule has 39 heavy (non-hydrogen) atoms. The second-order valence-corrected chi connectivity index (χ2v) is 17.7. The van der Waals surface area contributed by atoms with Crippen LogP contribution in [-0.2, 0) is 16.3 Å². The van der Waals surface area contributed by atoms with Crippen molar-refractivity contribution in [3.05, 3.63) is 36.2 Å². The number of hydrogen-bond acceptors (Lipinski definition) is 8. The molecule has 0 saturated heterocycles. The van der Waals surface area contributed by atoms with Gasteiger partial charge in [-0.05, 0) is 63.3 Å². The smallest absolute Gasteiger partial charge is 0.317 e. The highest BCUT2D eigenvalue weighted by Gasteiger charge is 2.28. The molecule has 1 saturated carbocycles.